The molecule has 0 aliphatic carbocycles. The summed E-state index contributed by atoms with van der Waals surface area (Å²) >= 11 is 0. The second-order valence-corrected chi connectivity index (χ2v) is 4.10. The fourth-order valence-corrected chi connectivity index (χ4v) is 1.76. The van der Waals surface area contributed by atoms with E-state index in [1.807, 2.05) is 13.8 Å². The van der Waals surface area contributed by atoms with Crippen LogP contribution in [0.25, 0.3) is 0 Å². The third-order valence-electron chi connectivity index (χ3n) is 2.95. The molecule has 15 heavy (non-hydrogen) atoms. The Kier molecular flexibility index (Phi) is 3.02. The Hall–Kier alpha value is -0.940. The molecule has 1 aliphatic heterocycles. The van der Waals surface area contributed by atoms with Crippen LogP contribution in [0.15, 0.2) is 4.52 Å². The molecule has 0 spiro atoms. The number of nitrogens with zero attached hydrogens (tertiary/aromatic N) is 2. The molecule has 0 aromatic carbocycles. The van der Waals surface area contributed by atoms with Gasteiger partial charge in [-0.25, -0.2) is 0 Å². The highest BCUT2D eigenvalue weighted by Gasteiger charge is 2.31. The van der Waals surface area contributed by atoms with E-state index in [9.17, 15) is 0 Å². The summed E-state index contributed by atoms with van der Waals surface area (Å²) in [6.45, 7) is 5.34. The predicted molar refractivity (Wildman–Crippen MR) is 54.5 cm³/mol. The first kappa shape index (κ1) is 10.6. The van der Waals surface area contributed by atoms with Crippen LogP contribution in [0.3, 0.4) is 0 Å². The van der Waals surface area contributed by atoms with E-state index in [4.69, 9.17) is 15.0 Å². The minimum atomic E-state index is 0.153. The van der Waals surface area contributed by atoms with Gasteiger partial charge in [0.2, 0.25) is 5.89 Å². The van der Waals surface area contributed by atoms with Crippen molar-refractivity contribution in [2.24, 2.45) is 5.73 Å². The first-order valence-corrected chi connectivity index (χ1v) is 5.37. The van der Waals surface area contributed by atoms with Gasteiger partial charge in [-0.05, 0) is 13.3 Å². The van der Waals surface area contributed by atoms with Crippen LogP contribution in [0, 0.1) is 0 Å². The average Bonchev–Trinajstić information content (AvgIpc) is 2.84. The zero-order valence-corrected chi connectivity index (χ0v) is 9.14. The molecule has 2 N–H and O–H groups in total. The Bertz CT molecular complexity index is 326. The van der Waals surface area contributed by atoms with E-state index in [1.54, 1.807) is 0 Å². The molecule has 0 bridgehead atoms. The Labute approximate surface area is 89.0 Å². The van der Waals surface area contributed by atoms with Gasteiger partial charge < -0.3 is 15.0 Å². The van der Waals surface area contributed by atoms with E-state index in [-0.39, 0.29) is 17.9 Å². The zero-order chi connectivity index (χ0) is 10.8. The van der Waals surface area contributed by atoms with Gasteiger partial charge in [-0.15, -0.1) is 0 Å². The molecule has 1 fully saturated rings. The summed E-state index contributed by atoms with van der Waals surface area (Å²) in [5, 5.41) is 3.94. The Morgan fingerprint density at radius 3 is 3.00 bits per heavy atom. The van der Waals surface area contributed by atoms with Crippen LogP contribution in [-0.4, -0.2) is 29.4 Å². The number of hydrogen-bond acceptors (Lipinski definition) is 5. The lowest BCUT2D eigenvalue weighted by Crippen LogP contribution is -2.12. The van der Waals surface area contributed by atoms with Gasteiger partial charge in [0.15, 0.2) is 5.82 Å². The molecule has 2 rings (SSSR count). The van der Waals surface area contributed by atoms with Crippen LogP contribution in [-0.2, 0) is 4.74 Å². The Balaban J connectivity index is 2.12. The highest BCUT2D eigenvalue weighted by Crippen LogP contribution is 2.30. The molecule has 3 atom stereocenters. The van der Waals surface area contributed by atoms with Crippen molar-refractivity contribution in [3.05, 3.63) is 11.7 Å². The van der Waals surface area contributed by atoms with E-state index in [0.717, 1.165) is 13.0 Å². The van der Waals surface area contributed by atoms with E-state index in [0.29, 0.717) is 18.3 Å². The van der Waals surface area contributed by atoms with Gasteiger partial charge in [0, 0.05) is 19.1 Å². The fourth-order valence-electron chi connectivity index (χ4n) is 1.76. The molecular weight excluding hydrogens is 194 g/mol. The summed E-state index contributed by atoms with van der Waals surface area (Å²) in [5.74, 6) is 1.79. The molecule has 0 radical (unpaired) electrons. The van der Waals surface area contributed by atoms with Crippen LogP contribution >= 0.6 is 0 Å². The van der Waals surface area contributed by atoms with E-state index in [2.05, 4.69) is 10.1 Å². The molecule has 1 saturated heterocycles. The van der Waals surface area contributed by atoms with Gasteiger partial charge >= 0.3 is 0 Å². The molecular formula is C10H17N3O2. The van der Waals surface area contributed by atoms with Crippen molar-refractivity contribution in [2.75, 3.05) is 13.2 Å². The molecule has 2 heterocycles. The van der Waals surface area contributed by atoms with Crippen molar-refractivity contribution < 1.29 is 9.26 Å². The van der Waals surface area contributed by atoms with Gasteiger partial charge in [-0.2, -0.15) is 4.98 Å². The molecule has 1 aromatic rings. The minimum absolute atomic E-state index is 0.153. The second-order valence-electron chi connectivity index (χ2n) is 4.10. The topological polar surface area (TPSA) is 74.2 Å². The van der Waals surface area contributed by atoms with Gasteiger partial charge in [0.1, 0.15) is 0 Å². The Morgan fingerprint density at radius 1 is 1.60 bits per heavy atom. The van der Waals surface area contributed by atoms with Crippen LogP contribution in [0.2, 0.25) is 0 Å². The highest BCUT2D eigenvalue weighted by molar-refractivity contribution is 5.01. The summed E-state index contributed by atoms with van der Waals surface area (Å²) in [6, 6.07) is 0. The number of hydrogen-bond donors (Lipinski definition) is 1. The Morgan fingerprint density at radius 2 is 2.40 bits per heavy atom. The maximum atomic E-state index is 5.55. The number of aromatic nitrogens is 2. The zero-order valence-electron chi connectivity index (χ0n) is 9.14. The molecule has 5 nitrogen and oxygen atoms in total. The molecule has 1 aromatic heterocycles. The lowest BCUT2D eigenvalue weighted by atomic mass is 10.0. The molecule has 5 heteroatoms. The lowest BCUT2D eigenvalue weighted by Gasteiger charge is -2.07. The van der Waals surface area contributed by atoms with E-state index < -0.39 is 0 Å². The average molecular weight is 211 g/mol. The largest absolute Gasteiger partial charge is 0.378 e. The summed E-state index contributed by atoms with van der Waals surface area (Å²) in [6.07, 6.45) is 1.13. The minimum Gasteiger partial charge on any atom is -0.378 e. The van der Waals surface area contributed by atoms with Crippen molar-refractivity contribution in [2.45, 2.75) is 38.2 Å². The number of ether oxygens (including phenoxy) is 1. The van der Waals surface area contributed by atoms with Crippen molar-refractivity contribution in [3.8, 4) is 0 Å². The van der Waals surface area contributed by atoms with E-state index >= 15 is 0 Å². The molecule has 3 unspecified atom stereocenters. The quantitative estimate of drug-likeness (QED) is 0.808. The summed E-state index contributed by atoms with van der Waals surface area (Å²) in [7, 11) is 0. The first-order chi connectivity index (χ1) is 7.22. The van der Waals surface area contributed by atoms with Gasteiger partial charge in [-0.1, -0.05) is 12.1 Å². The smallest absolute Gasteiger partial charge is 0.232 e. The monoisotopic (exact) mass is 211 g/mol. The summed E-state index contributed by atoms with van der Waals surface area (Å²) in [5.41, 5.74) is 5.55. The van der Waals surface area contributed by atoms with Crippen LogP contribution in [0.5, 0.6) is 0 Å². The second kappa shape index (κ2) is 4.28. The first-order valence-electron chi connectivity index (χ1n) is 5.37. The summed E-state index contributed by atoms with van der Waals surface area (Å²) in [4.78, 5) is 4.38. The van der Waals surface area contributed by atoms with Crippen molar-refractivity contribution in [3.63, 3.8) is 0 Å². The van der Waals surface area contributed by atoms with Gasteiger partial charge in [-0.3, -0.25) is 0 Å². The third-order valence-corrected chi connectivity index (χ3v) is 2.95. The maximum absolute atomic E-state index is 5.55. The SMILES string of the molecule is CC(CN)c1noc(C2CCOC2C)n1. The van der Waals surface area contributed by atoms with Crippen LogP contribution in [0.1, 0.15) is 43.8 Å². The fraction of sp³-hybridized carbons (Fsp3) is 0.800. The van der Waals surface area contributed by atoms with Crippen molar-refractivity contribution in [1.29, 1.82) is 0 Å². The van der Waals surface area contributed by atoms with E-state index in [1.165, 1.54) is 0 Å². The van der Waals surface area contributed by atoms with Crippen LogP contribution in [0.4, 0.5) is 0 Å². The molecule has 1 aliphatic rings. The van der Waals surface area contributed by atoms with Crippen LogP contribution < -0.4 is 5.73 Å². The predicted octanol–water partition coefficient (Wildman–Crippen LogP) is 1.02. The standard InChI is InChI=1S/C10H17N3O2/c1-6(5-11)9-12-10(15-13-9)8-3-4-14-7(8)2/h6-8H,3-5,11H2,1-2H3. The number of rotatable bonds is 3. The van der Waals surface area contributed by atoms with Crippen molar-refractivity contribution >= 4 is 0 Å². The molecule has 84 valence electrons. The summed E-state index contributed by atoms with van der Waals surface area (Å²) < 4.78 is 10.7. The normalized spacial score (nSPS) is 28.2. The number of nitrogens with two attached hydrogens (primary N) is 1. The highest BCUT2D eigenvalue weighted by atomic mass is 16.5. The van der Waals surface area contributed by atoms with Gasteiger partial charge in [0.05, 0.1) is 12.0 Å². The molecule has 0 amide bonds. The van der Waals surface area contributed by atoms with Gasteiger partial charge in [0.25, 0.3) is 0 Å². The lowest BCUT2D eigenvalue weighted by molar-refractivity contribution is 0.113. The molecule has 0 saturated carbocycles. The van der Waals surface area contributed by atoms with Crippen molar-refractivity contribution in [1.82, 2.24) is 10.1 Å². The third kappa shape index (κ3) is 2.03. The maximum Gasteiger partial charge on any atom is 0.232 e.